The highest BCUT2D eigenvalue weighted by Crippen LogP contribution is 2.44. The fraction of sp³-hybridized carbons (Fsp3) is 0.600. The van der Waals surface area contributed by atoms with Crippen LogP contribution in [0.4, 0.5) is 8.78 Å². The van der Waals surface area contributed by atoms with E-state index < -0.39 is 11.6 Å². The summed E-state index contributed by atoms with van der Waals surface area (Å²) in [5.74, 6) is 3.85. The molecule has 0 aliphatic heterocycles. The van der Waals surface area contributed by atoms with Crippen molar-refractivity contribution < 1.29 is 8.78 Å². The molecule has 1 aromatic carbocycles. The van der Waals surface area contributed by atoms with Gasteiger partial charge in [-0.15, -0.1) is 5.92 Å². The molecule has 0 spiro atoms. The highest BCUT2D eigenvalue weighted by Gasteiger charge is 2.36. The van der Waals surface area contributed by atoms with E-state index in [-0.39, 0.29) is 11.0 Å². The largest absolute Gasteiger partial charge is 0.203 e. The predicted molar refractivity (Wildman–Crippen MR) is 87.8 cm³/mol. The second kappa shape index (κ2) is 7.77. The molecule has 2 rings (SSSR count). The lowest BCUT2D eigenvalue weighted by Crippen LogP contribution is -2.30. The van der Waals surface area contributed by atoms with Crippen molar-refractivity contribution in [1.82, 2.24) is 0 Å². The van der Waals surface area contributed by atoms with Crippen LogP contribution in [-0.2, 0) is 5.41 Å². The second-order valence-electron chi connectivity index (χ2n) is 6.46. The van der Waals surface area contributed by atoms with Crippen LogP contribution in [-0.4, -0.2) is 0 Å². The summed E-state index contributed by atoms with van der Waals surface area (Å²) in [7, 11) is 0. The molecule has 120 valence electrons. The molecule has 1 aliphatic rings. The van der Waals surface area contributed by atoms with E-state index >= 15 is 0 Å². The number of halogens is 2. The normalized spacial score (nSPS) is 16.9. The Labute approximate surface area is 133 Å². The summed E-state index contributed by atoms with van der Waals surface area (Å²) >= 11 is 0. The van der Waals surface area contributed by atoms with Gasteiger partial charge in [-0.2, -0.15) is 0 Å². The maximum absolute atomic E-state index is 14.7. The minimum absolute atomic E-state index is 0.170. The van der Waals surface area contributed by atoms with Crippen molar-refractivity contribution in [2.45, 2.75) is 77.0 Å². The lowest BCUT2D eigenvalue weighted by atomic mass is 9.66. The van der Waals surface area contributed by atoms with Crippen molar-refractivity contribution in [2.24, 2.45) is 0 Å². The van der Waals surface area contributed by atoms with Gasteiger partial charge in [-0.1, -0.05) is 57.4 Å². The quantitative estimate of drug-likeness (QED) is 0.454. The number of hydrogen-bond acceptors (Lipinski definition) is 0. The van der Waals surface area contributed by atoms with Crippen molar-refractivity contribution in [3.63, 3.8) is 0 Å². The number of rotatable bonds is 5. The monoisotopic (exact) mass is 304 g/mol. The first-order valence-electron chi connectivity index (χ1n) is 8.56. The minimum atomic E-state index is -0.771. The van der Waals surface area contributed by atoms with Gasteiger partial charge >= 0.3 is 0 Å². The third-order valence-electron chi connectivity index (χ3n) is 4.98. The fourth-order valence-corrected chi connectivity index (χ4v) is 3.79. The van der Waals surface area contributed by atoms with Gasteiger partial charge in [0, 0.05) is 0 Å². The Morgan fingerprint density at radius 3 is 2.41 bits per heavy atom. The molecule has 2 heteroatoms. The lowest BCUT2D eigenvalue weighted by Gasteiger charge is -2.38. The number of hydrogen-bond donors (Lipinski definition) is 0. The molecule has 0 unspecified atom stereocenters. The lowest BCUT2D eigenvalue weighted by molar-refractivity contribution is 0.255. The molecule has 0 heterocycles. The van der Waals surface area contributed by atoms with Crippen molar-refractivity contribution in [2.75, 3.05) is 0 Å². The predicted octanol–water partition coefficient (Wildman–Crippen LogP) is 6.12. The third-order valence-corrected chi connectivity index (χ3v) is 4.98. The summed E-state index contributed by atoms with van der Waals surface area (Å²) in [6, 6.07) is 3.44. The zero-order valence-corrected chi connectivity index (χ0v) is 13.8. The average Bonchev–Trinajstić information content (AvgIpc) is 2.53. The van der Waals surface area contributed by atoms with Gasteiger partial charge in [0.2, 0.25) is 0 Å². The zero-order chi connectivity index (χ0) is 16.0. The van der Waals surface area contributed by atoms with Gasteiger partial charge in [0.05, 0.1) is 5.56 Å². The van der Waals surface area contributed by atoms with E-state index in [9.17, 15) is 8.78 Å². The van der Waals surface area contributed by atoms with Crippen LogP contribution in [0.3, 0.4) is 0 Å². The molecule has 0 N–H and O–H groups in total. The van der Waals surface area contributed by atoms with Crippen LogP contribution in [0.2, 0.25) is 0 Å². The first-order valence-corrected chi connectivity index (χ1v) is 8.56. The van der Waals surface area contributed by atoms with Crippen molar-refractivity contribution in [3.8, 4) is 11.8 Å². The summed E-state index contributed by atoms with van der Waals surface area (Å²) in [6.07, 6.45) is 9.76. The molecule has 0 saturated heterocycles. The smallest absolute Gasteiger partial charge is 0.174 e. The van der Waals surface area contributed by atoms with E-state index in [1.807, 2.05) is 0 Å². The Morgan fingerprint density at radius 1 is 1.05 bits per heavy atom. The molecule has 1 aliphatic carbocycles. The summed E-state index contributed by atoms with van der Waals surface area (Å²) < 4.78 is 29.0. The maximum atomic E-state index is 14.7. The Morgan fingerprint density at radius 2 is 1.77 bits per heavy atom. The average molecular weight is 304 g/mol. The first kappa shape index (κ1) is 17.0. The van der Waals surface area contributed by atoms with Crippen LogP contribution in [0.1, 0.15) is 82.8 Å². The molecule has 1 aromatic rings. The van der Waals surface area contributed by atoms with Gasteiger partial charge < -0.3 is 0 Å². The molecule has 1 fully saturated rings. The van der Waals surface area contributed by atoms with Crippen molar-refractivity contribution >= 4 is 0 Å². The van der Waals surface area contributed by atoms with Gasteiger partial charge in [0.25, 0.3) is 0 Å². The highest BCUT2D eigenvalue weighted by atomic mass is 19.2. The number of benzene rings is 1. The first-order chi connectivity index (χ1) is 10.6. The van der Waals surface area contributed by atoms with Crippen LogP contribution in [0.5, 0.6) is 0 Å². The van der Waals surface area contributed by atoms with Crippen LogP contribution < -0.4 is 0 Å². The van der Waals surface area contributed by atoms with E-state index in [1.54, 1.807) is 19.1 Å². The van der Waals surface area contributed by atoms with Gasteiger partial charge in [-0.25, -0.2) is 8.78 Å². The van der Waals surface area contributed by atoms with Crippen molar-refractivity contribution in [3.05, 3.63) is 34.9 Å². The molecule has 22 heavy (non-hydrogen) atoms. The fourth-order valence-electron chi connectivity index (χ4n) is 3.79. The van der Waals surface area contributed by atoms with E-state index in [0.717, 1.165) is 51.4 Å². The molecule has 0 amide bonds. The molecule has 0 nitrogen and oxygen atoms in total. The molecule has 0 bridgehead atoms. The van der Waals surface area contributed by atoms with E-state index in [0.29, 0.717) is 5.56 Å². The van der Waals surface area contributed by atoms with Gasteiger partial charge in [-0.3, -0.25) is 0 Å². The summed E-state index contributed by atoms with van der Waals surface area (Å²) in [5.41, 5.74) is 0.585. The standard InChI is InChI=1S/C20H26F2/c1-3-5-7-13-20(14-8-6-9-15-20)17-12-11-16(10-4-2)18(21)19(17)22/h11-12H,3,5-9,13-15H2,1-2H3. The Hall–Kier alpha value is -1.36. The molecule has 0 aromatic heterocycles. The van der Waals surface area contributed by atoms with Crippen LogP contribution >= 0.6 is 0 Å². The van der Waals surface area contributed by atoms with Crippen LogP contribution in [0.15, 0.2) is 12.1 Å². The second-order valence-corrected chi connectivity index (χ2v) is 6.46. The Bertz CT molecular complexity index is 557. The summed E-state index contributed by atoms with van der Waals surface area (Å²) in [4.78, 5) is 0. The molecular weight excluding hydrogens is 278 g/mol. The van der Waals surface area contributed by atoms with Gasteiger partial charge in [-0.05, 0) is 43.2 Å². The molecular formula is C20H26F2. The third kappa shape index (κ3) is 3.51. The van der Waals surface area contributed by atoms with E-state index in [4.69, 9.17) is 0 Å². The zero-order valence-electron chi connectivity index (χ0n) is 13.8. The Balaban J connectivity index is 2.38. The van der Waals surface area contributed by atoms with Crippen LogP contribution in [0, 0.1) is 23.5 Å². The SMILES string of the molecule is CC#Cc1ccc(C2(CCCCC)CCCCC2)c(F)c1F. The highest BCUT2D eigenvalue weighted by molar-refractivity contribution is 5.41. The van der Waals surface area contributed by atoms with Gasteiger partial charge in [0.1, 0.15) is 0 Å². The Kier molecular flexibility index (Phi) is 6.00. The summed E-state index contributed by atoms with van der Waals surface area (Å²) in [6.45, 7) is 3.81. The van der Waals surface area contributed by atoms with E-state index in [2.05, 4.69) is 18.8 Å². The number of unbranched alkanes of at least 4 members (excludes halogenated alkanes) is 2. The van der Waals surface area contributed by atoms with Crippen LogP contribution in [0.25, 0.3) is 0 Å². The topological polar surface area (TPSA) is 0 Å². The molecule has 0 radical (unpaired) electrons. The molecule has 0 atom stereocenters. The van der Waals surface area contributed by atoms with E-state index in [1.165, 1.54) is 6.42 Å². The summed E-state index contributed by atoms with van der Waals surface area (Å²) in [5, 5.41) is 0. The van der Waals surface area contributed by atoms with Gasteiger partial charge in [0.15, 0.2) is 11.6 Å². The maximum Gasteiger partial charge on any atom is 0.174 e. The van der Waals surface area contributed by atoms with Crippen molar-refractivity contribution in [1.29, 1.82) is 0 Å². The minimum Gasteiger partial charge on any atom is -0.203 e. The molecule has 1 saturated carbocycles.